The zero-order valence-corrected chi connectivity index (χ0v) is 13.6. The summed E-state index contributed by atoms with van der Waals surface area (Å²) in [6.45, 7) is 1.17. The molecule has 1 fully saturated rings. The minimum Gasteiger partial charge on any atom is -0.338 e. The Morgan fingerprint density at radius 2 is 2.24 bits per heavy atom. The summed E-state index contributed by atoms with van der Waals surface area (Å²) in [4.78, 5) is 25.5. The Morgan fingerprint density at radius 3 is 2.96 bits per heavy atom. The molecule has 6 nitrogen and oxygen atoms in total. The van der Waals surface area contributed by atoms with E-state index in [-0.39, 0.29) is 11.8 Å². The molecule has 0 spiro atoms. The number of aryl methyl sites for hydroxylation is 1. The van der Waals surface area contributed by atoms with E-state index in [1.54, 1.807) is 29.3 Å². The van der Waals surface area contributed by atoms with Crippen LogP contribution in [0, 0.1) is 0 Å². The van der Waals surface area contributed by atoms with Crippen LogP contribution in [0.5, 0.6) is 0 Å². The quantitative estimate of drug-likeness (QED) is 0.794. The second kappa shape index (κ2) is 5.94. The highest BCUT2D eigenvalue weighted by molar-refractivity contribution is 6.05. The zero-order chi connectivity index (χ0) is 17.6. The van der Waals surface area contributed by atoms with Gasteiger partial charge in [0.1, 0.15) is 11.3 Å². The molecule has 1 aliphatic rings. The fraction of sp³-hybridized carbons (Fsp3) is 0.353. The summed E-state index contributed by atoms with van der Waals surface area (Å²) in [6, 6.07) is 4.95. The Bertz CT molecular complexity index is 932. The van der Waals surface area contributed by atoms with Crippen molar-refractivity contribution in [2.45, 2.75) is 18.8 Å². The third kappa shape index (κ3) is 2.67. The fourth-order valence-corrected chi connectivity index (χ4v) is 3.42. The van der Waals surface area contributed by atoms with Gasteiger partial charge >= 0.3 is 0 Å². The fourth-order valence-electron chi connectivity index (χ4n) is 3.42. The predicted molar refractivity (Wildman–Crippen MR) is 87.5 cm³/mol. The number of nitrogens with one attached hydrogen (secondary N) is 1. The van der Waals surface area contributed by atoms with E-state index in [2.05, 4.69) is 15.0 Å². The average Bonchev–Trinajstić information content (AvgIpc) is 3.31. The maximum Gasteiger partial charge on any atom is 0.295 e. The largest absolute Gasteiger partial charge is 0.338 e. The number of amides is 1. The van der Waals surface area contributed by atoms with Crippen LogP contribution in [0.15, 0.2) is 30.6 Å². The number of carbonyl (C=O) groups excluding carboxylic acids is 1. The molecule has 1 N–H and O–H groups in total. The molecule has 1 aromatic carbocycles. The zero-order valence-electron chi connectivity index (χ0n) is 13.6. The van der Waals surface area contributed by atoms with Crippen LogP contribution in [-0.2, 0) is 7.05 Å². The second-order valence-electron chi connectivity index (χ2n) is 6.26. The molecule has 130 valence electrons. The number of para-hydroxylation sites is 1. The van der Waals surface area contributed by atoms with Crippen LogP contribution < -0.4 is 0 Å². The van der Waals surface area contributed by atoms with Gasteiger partial charge in [-0.2, -0.15) is 0 Å². The van der Waals surface area contributed by atoms with Gasteiger partial charge in [0, 0.05) is 38.4 Å². The number of H-pyrrole nitrogens is 1. The minimum absolute atomic E-state index is 0.180. The molecule has 1 aliphatic heterocycles. The number of likely N-dealkylation sites (tertiary alicyclic amines) is 1. The van der Waals surface area contributed by atoms with E-state index >= 15 is 0 Å². The Morgan fingerprint density at radius 1 is 1.40 bits per heavy atom. The molecule has 1 amide bonds. The average molecular weight is 345 g/mol. The monoisotopic (exact) mass is 345 g/mol. The molecule has 3 heterocycles. The van der Waals surface area contributed by atoms with E-state index in [4.69, 9.17) is 0 Å². The maximum absolute atomic E-state index is 12.9. The Hall–Kier alpha value is -2.77. The highest BCUT2D eigenvalue weighted by atomic mass is 19.3. The number of imidazole rings is 2. The molecule has 1 atom stereocenters. The molecular weight excluding hydrogens is 328 g/mol. The van der Waals surface area contributed by atoms with E-state index in [0.29, 0.717) is 29.7 Å². The lowest BCUT2D eigenvalue weighted by atomic mass is 10.1. The van der Waals surface area contributed by atoms with Gasteiger partial charge < -0.3 is 14.5 Å². The summed E-state index contributed by atoms with van der Waals surface area (Å²) in [5.74, 6) is 0.532. The van der Waals surface area contributed by atoms with E-state index in [9.17, 15) is 13.6 Å². The summed E-state index contributed by atoms with van der Waals surface area (Å²) >= 11 is 0. The van der Waals surface area contributed by atoms with Crippen LogP contribution in [0.4, 0.5) is 8.78 Å². The highest BCUT2D eigenvalue weighted by Crippen LogP contribution is 2.29. The third-order valence-corrected chi connectivity index (χ3v) is 4.67. The van der Waals surface area contributed by atoms with Crippen molar-refractivity contribution in [2.24, 2.45) is 7.05 Å². The molecule has 0 radical (unpaired) electrons. The van der Waals surface area contributed by atoms with Crippen molar-refractivity contribution in [1.29, 1.82) is 0 Å². The number of aromatic amines is 1. The van der Waals surface area contributed by atoms with Crippen molar-refractivity contribution in [2.75, 3.05) is 13.1 Å². The predicted octanol–water partition coefficient (Wildman–Crippen LogP) is 2.86. The molecule has 4 rings (SSSR count). The van der Waals surface area contributed by atoms with Gasteiger partial charge in [-0.3, -0.25) is 4.79 Å². The molecular formula is C17H17F2N5O. The summed E-state index contributed by atoms with van der Waals surface area (Å²) in [5.41, 5.74) is 1.09. The first-order valence-electron chi connectivity index (χ1n) is 8.08. The first-order valence-corrected chi connectivity index (χ1v) is 8.08. The SMILES string of the molecule is Cn1ccnc1C1CCN(C(=O)c2cccc3[nH]c(C(F)F)nc23)C1. The van der Waals surface area contributed by atoms with Crippen LogP contribution in [0.2, 0.25) is 0 Å². The number of nitrogens with zero attached hydrogens (tertiary/aromatic N) is 4. The Balaban J connectivity index is 1.61. The van der Waals surface area contributed by atoms with Gasteiger partial charge in [0.25, 0.3) is 12.3 Å². The molecule has 25 heavy (non-hydrogen) atoms. The van der Waals surface area contributed by atoms with Crippen molar-refractivity contribution in [1.82, 2.24) is 24.4 Å². The topological polar surface area (TPSA) is 66.8 Å². The lowest BCUT2D eigenvalue weighted by Crippen LogP contribution is -2.29. The Labute approximate surface area is 142 Å². The maximum atomic E-state index is 12.9. The molecule has 0 bridgehead atoms. The van der Waals surface area contributed by atoms with Crippen LogP contribution in [0.1, 0.15) is 40.8 Å². The minimum atomic E-state index is -2.70. The van der Waals surface area contributed by atoms with Gasteiger partial charge in [-0.05, 0) is 18.6 Å². The molecule has 2 aromatic heterocycles. The number of carbonyl (C=O) groups is 1. The van der Waals surface area contributed by atoms with E-state index in [1.807, 2.05) is 17.8 Å². The van der Waals surface area contributed by atoms with Crippen LogP contribution in [-0.4, -0.2) is 43.4 Å². The van der Waals surface area contributed by atoms with Crippen molar-refractivity contribution in [3.05, 3.63) is 47.8 Å². The number of benzene rings is 1. The van der Waals surface area contributed by atoms with Crippen molar-refractivity contribution < 1.29 is 13.6 Å². The molecule has 1 saturated heterocycles. The summed E-state index contributed by atoms with van der Waals surface area (Å²) < 4.78 is 27.7. The van der Waals surface area contributed by atoms with Crippen LogP contribution in [0.3, 0.4) is 0 Å². The van der Waals surface area contributed by atoms with Crippen molar-refractivity contribution in [3.63, 3.8) is 0 Å². The number of halogens is 2. The van der Waals surface area contributed by atoms with Gasteiger partial charge in [-0.15, -0.1) is 0 Å². The number of fused-ring (bicyclic) bond motifs is 1. The second-order valence-corrected chi connectivity index (χ2v) is 6.26. The van der Waals surface area contributed by atoms with Gasteiger partial charge in [0.2, 0.25) is 0 Å². The van der Waals surface area contributed by atoms with Gasteiger partial charge in [-0.25, -0.2) is 18.7 Å². The van der Waals surface area contributed by atoms with Gasteiger partial charge in [0.05, 0.1) is 11.1 Å². The molecule has 3 aromatic rings. The normalized spacial score (nSPS) is 17.8. The van der Waals surface area contributed by atoms with Gasteiger partial charge in [-0.1, -0.05) is 6.07 Å². The molecule has 0 aliphatic carbocycles. The van der Waals surface area contributed by atoms with E-state index < -0.39 is 12.2 Å². The molecule has 1 unspecified atom stereocenters. The lowest BCUT2D eigenvalue weighted by molar-refractivity contribution is 0.0792. The van der Waals surface area contributed by atoms with E-state index in [1.165, 1.54) is 0 Å². The molecule has 0 saturated carbocycles. The van der Waals surface area contributed by atoms with Crippen molar-refractivity contribution >= 4 is 16.9 Å². The number of hydrogen-bond acceptors (Lipinski definition) is 3. The van der Waals surface area contributed by atoms with Crippen molar-refractivity contribution in [3.8, 4) is 0 Å². The number of rotatable bonds is 3. The van der Waals surface area contributed by atoms with Crippen LogP contribution >= 0.6 is 0 Å². The summed E-state index contributed by atoms with van der Waals surface area (Å²) in [5, 5.41) is 0. The summed E-state index contributed by atoms with van der Waals surface area (Å²) in [6.07, 6.45) is 1.76. The number of hydrogen-bond donors (Lipinski definition) is 1. The number of alkyl halides is 2. The number of aromatic nitrogens is 4. The Kier molecular flexibility index (Phi) is 3.74. The smallest absolute Gasteiger partial charge is 0.295 e. The summed E-state index contributed by atoms with van der Waals surface area (Å²) in [7, 11) is 1.93. The molecule has 8 heteroatoms. The first-order chi connectivity index (χ1) is 12.0. The first kappa shape index (κ1) is 15.7. The lowest BCUT2D eigenvalue weighted by Gasteiger charge is -2.17. The third-order valence-electron chi connectivity index (χ3n) is 4.67. The van der Waals surface area contributed by atoms with E-state index in [0.717, 1.165) is 12.2 Å². The van der Waals surface area contributed by atoms with Crippen LogP contribution in [0.25, 0.3) is 11.0 Å². The van der Waals surface area contributed by atoms with Gasteiger partial charge in [0.15, 0.2) is 5.82 Å². The standard InChI is InChI=1S/C17H17F2N5O/c1-23-8-6-20-16(23)10-5-7-24(9-10)17(25)11-3-2-4-12-13(11)22-15(21-12)14(18)19/h2-4,6,8,10,14H,5,7,9H2,1H3,(H,21,22). The highest BCUT2D eigenvalue weighted by Gasteiger charge is 2.31.